The first kappa shape index (κ1) is 20.9. The molecule has 1 atom stereocenters. The van der Waals surface area contributed by atoms with Crippen molar-refractivity contribution in [3.8, 4) is 0 Å². The predicted octanol–water partition coefficient (Wildman–Crippen LogP) is 3.77. The topological polar surface area (TPSA) is 61.5 Å². The highest BCUT2D eigenvalue weighted by molar-refractivity contribution is 5.45. The highest BCUT2D eigenvalue weighted by atomic mass is 16.5. The van der Waals surface area contributed by atoms with Gasteiger partial charge in [-0.25, -0.2) is 0 Å². The molecule has 2 aromatic rings. The van der Waals surface area contributed by atoms with Crippen molar-refractivity contribution in [1.29, 1.82) is 0 Å². The van der Waals surface area contributed by atoms with Crippen molar-refractivity contribution >= 4 is 11.8 Å². The average Bonchev–Trinajstić information content (AvgIpc) is 2.79. The quantitative estimate of drug-likeness (QED) is 0.831. The zero-order chi connectivity index (χ0) is 20.6. The lowest BCUT2D eigenvalue weighted by molar-refractivity contribution is 0.122. The zero-order valence-electron chi connectivity index (χ0n) is 17.9. The normalized spacial score (nSPS) is 21.4. The number of anilines is 2. The molecule has 0 bridgehead atoms. The smallest absolute Gasteiger partial charge is 0.254 e. The Balaban J connectivity index is 1.63. The standard InChI is InChI=1S/C24H34N4O2/c29-23-19-22(27-14-16-30-17-15-27)25-24(26-23)28-13-9-4-2-1-3-8-12-21(28)18-20-10-6-5-7-11-20/h5-7,10-11,19,21H,1-4,8-9,12-18H2,(H,25,26,29)/t21-/m0/s1. The largest absolute Gasteiger partial charge is 0.378 e. The Labute approximate surface area is 179 Å². The molecule has 30 heavy (non-hydrogen) atoms. The summed E-state index contributed by atoms with van der Waals surface area (Å²) in [6.07, 6.45) is 9.62. The molecule has 0 radical (unpaired) electrons. The van der Waals surface area contributed by atoms with Crippen LogP contribution in [0.3, 0.4) is 0 Å². The molecule has 1 aromatic heterocycles. The van der Waals surface area contributed by atoms with Gasteiger partial charge in [-0.05, 0) is 24.8 Å². The second-order valence-corrected chi connectivity index (χ2v) is 8.47. The summed E-state index contributed by atoms with van der Waals surface area (Å²) < 4.78 is 5.47. The van der Waals surface area contributed by atoms with Crippen LogP contribution in [0, 0.1) is 0 Å². The van der Waals surface area contributed by atoms with Crippen LogP contribution < -0.4 is 15.4 Å². The molecule has 2 aliphatic rings. The van der Waals surface area contributed by atoms with E-state index in [1.54, 1.807) is 6.07 Å². The van der Waals surface area contributed by atoms with Crippen LogP contribution >= 0.6 is 0 Å². The molecule has 0 aliphatic carbocycles. The van der Waals surface area contributed by atoms with Gasteiger partial charge < -0.3 is 14.5 Å². The average molecular weight is 411 g/mol. The number of ether oxygens (including phenoxy) is 1. The third-order valence-electron chi connectivity index (χ3n) is 6.26. The van der Waals surface area contributed by atoms with Crippen molar-refractivity contribution in [2.75, 3.05) is 42.6 Å². The van der Waals surface area contributed by atoms with Gasteiger partial charge in [0.15, 0.2) is 0 Å². The van der Waals surface area contributed by atoms with E-state index in [9.17, 15) is 4.79 Å². The van der Waals surface area contributed by atoms with E-state index in [1.807, 2.05) is 0 Å². The number of aromatic nitrogens is 2. The Kier molecular flexibility index (Phi) is 7.40. The van der Waals surface area contributed by atoms with Crippen LogP contribution in [0.25, 0.3) is 0 Å². The van der Waals surface area contributed by atoms with E-state index in [4.69, 9.17) is 9.72 Å². The summed E-state index contributed by atoms with van der Waals surface area (Å²) in [5.41, 5.74) is 1.27. The summed E-state index contributed by atoms with van der Waals surface area (Å²) in [4.78, 5) is 25.1. The van der Waals surface area contributed by atoms with Gasteiger partial charge in [-0.15, -0.1) is 0 Å². The number of hydrogen-bond acceptors (Lipinski definition) is 5. The van der Waals surface area contributed by atoms with Gasteiger partial charge in [0.05, 0.1) is 13.2 Å². The summed E-state index contributed by atoms with van der Waals surface area (Å²) in [6, 6.07) is 12.7. The summed E-state index contributed by atoms with van der Waals surface area (Å²) in [6.45, 7) is 3.87. The van der Waals surface area contributed by atoms with E-state index in [1.165, 1.54) is 37.7 Å². The Morgan fingerprint density at radius 2 is 1.70 bits per heavy atom. The lowest BCUT2D eigenvalue weighted by atomic mass is 9.96. The maximum Gasteiger partial charge on any atom is 0.254 e. The van der Waals surface area contributed by atoms with E-state index in [0.29, 0.717) is 19.3 Å². The maximum atomic E-state index is 12.6. The van der Waals surface area contributed by atoms with Gasteiger partial charge in [0.2, 0.25) is 5.95 Å². The molecule has 0 amide bonds. The molecule has 6 nitrogen and oxygen atoms in total. The molecule has 162 valence electrons. The SMILES string of the molecule is O=c1cc(N2CCOCC2)nc(N2CCCCCCCC[C@H]2Cc2ccccc2)[nH]1. The van der Waals surface area contributed by atoms with Gasteiger partial charge in [-0.2, -0.15) is 4.98 Å². The number of aromatic amines is 1. The molecule has 1 aromatic carbocycles. The molecule has 1 N–H and O–H groups in total. The highest BCUT2D eigenvalue weighted by Gasteiger charge is 2.23. The number of rotatable bonds is 4. The molecule has 2 aliphatic heterocycles. The number of benzene rings is 1. The molecule has 0 saturated carbocycles. The highest BCUT2D eigenvalue weighted by Crippen LogP contribution is 2.24. The number of hydrogen-bond donors (Lipinski definition) is 1. The number of morpholine rings is 1. The van der Waals surface area contributed by atoms with Crippen molar-refractivity contribution in [2.24, 2.45) is 0 Å². The third kappa shape index (κ3) is 5.63. The predicted molar refractivity (Wildman–Crippen MR) is 121 cm³/mol. The van der Waals surface area contributed by atoms with Gasteiger partial charge in [0.1, 0.15) is 5.82 Å². The zero-order valence-corrected chi connectivity index (χ0v) is 17.9. The Morgan fingerprint density at radius 3 is 2.50 bits per heavy atom. The Bertz CT molecular complexity index is 833. The Hall–Kier alpha value is -2.34. The second kappa shape index (κ2) is 10.6. The minimum absolute atomic E-state index is 0.0722. The lowest BCUT2D eigenvalue weighted by Gasteiger charge is -2.34. The first-order valence-corrected chi connectivity index (χ1v) is 11.5. The fourth-order valence-corrected chi connectivity index (χ4v) is 4.61. The third-order valence-corrected chi connectivity index (χ3v) is 6.26. The maximum absolute atomic E-state index is 12.6. The summed E-state index contributed by atoms with van der Waals surface area (Å²) in [5.74, 6) is 1.50. The van der Waals surface area contributed by atoms with E-state index < -0.39 is 0 Å². The molecule has 6 heteroatoms. The lowest BCUT2D eigenvalue weighted by Crippen LogP contribution is -2.41. The molecule has 0 spiro atoms. The molecule has 0 unspecified atom stereocenters. The number of nitrogens with one attached hydrogen (secondary N) is 1. The van der Waals surface area contributed by atoms with Crippen molar-refractivity contribution in [2.45, 2.75) is 57.4 Å². The van der Waals surface area contributed by atoms with E-state index in [0.717, 1.165) is 50.7 Å². The van der Waals surface area contributed by atoms with Gasteiger partial charge in [0.25, 0.3) is 5.56 Å². The number of H-pyrrole nitrogens is 1. The minimum Gasteiger partial charge on any atom is -0.378 e. The van der Waals surface area contributed by atoms with Crippen LogP contribution in [-0.4, -0.2) is 48.9 Å². The van der Waals surface area contributed by atoms with Crippen LogP contribution in [-0.2, 0) is 11.2 Å². The van der Waals surface area contributed by atoms with Crippen LogP contribution in [0.15, 0.2) is 41.2 Å². The molecule has 2 saturated heterocycles. The first-order valence-electron chi connectivity index (χ1n) is 11.5. The van der Waals surface area contributed by atoms with Crippen molar-refractivity contribution in [3.05, 3.63) is 52.3 Å². The van der Waals surface area contributed by atoms with Gasteiger partial charge in [-0.1, -0.05) is 62.4 Å². The van der Waals surface area contributed by atoms with Gasteiger partial charge in [0, 0.05) is 31.7 Å². The summed E-state index contributed by atoms with van der Waals surface area (Å²) >= 11 is 0. The van der Waals surface area contributed by atoms with Crippen molar-refractivity contribution < 1.29 is 4.74 Å². The van der Waals surface area contributed by atoms with Crippen LogP contribution in [0.5, 0.6) is 0 Å². The second-order valence-electron chi connectivity index (χ2n) is 8.47. The van der Waals surface area contributed by atoms with Crippen LogP contribution in [0.2, 0.25) is 0 Å². The fourth-order valence-electron chi connectivity index (χ4n) is 4.61. The fraction of sp³-hybridized carbons (Fsp3) is 0.583. The molecular formula is C24H34N4O2. The van der Waals surface area contributed by atoms with Gasteiger partial charge >= 0.3 is 0 Å². The van der Waals surface area contributed by atoms with Crippen LogP contribution in [0.4, 0.5) is 11.8 Å². The monoisotopic (exact) mass is 410 g/mol. The minimum atomic E-state index is -0.0722. The van der Waals surface area contributed by atoms with Crippen LogP contribution in [0.1, 0.15) is 50.5 Å². The van der Waals surface area contributed by atoms with Crippen molar-refractivity contribution in [1.82, 2.24) is 9.97 Å². The summed E-state index contributed by atoms with van der Waals surface area (Å²) in [5, 5.41) is 0. The van der Waals surface area contributed by atoms with E-state index in [-0.39, 0.29) is 5.56 Å². The Morgan fingerprint density at radius 1 is 0.967 bits per heavy atom. The molecule has 4 rings (SSSR count). The van der Waals surface area contributed by atoms with Gasteiger partial charge in [-0.3, -0.25) is 9.78 Å². The van der Waals surface area contributed by atoms with E-state index in [2.05, 4.69) is 45.1 Å². The molecule has 2 fully saturated rings. The molecular weight excluding hydrogens is 376 g/mol. The number of nitrogens with zero attached hydrogens (tertiary/aromatic N) is 3. The molecule has 3 heterocycles. The summed E-state index contributed by atoms with van der Waals surface area (Å²) in [7, 11) is 0. The first-order chi connectivity index (χ1) is 14.8. The van der Waals surface area contributed by atoms with E-state index >= 15 is 0 Å². The van der Waals surface area contributed by atoms with Crippen molar-refractivity contribution in [3.63, 3.8) is 0 Å².